The van der Waals surface area contributed by atoms with E-state index in [1.165, 1.54) is 4.31 Å². The third kappa shape index (κ3) is 3.63. The van der Waals surface area contributed by atoms with Gasteiger partial charge in [-0.05, 0) is 42.8 Å². The Hall–Kier alpha value is -1.70. The van der Waals surface area contributed by atoms with Gasteiger partial charge in [0.05, 0.1) is 0 Å². The first-order chi connectivity index (χ1) is 11.8. The van der Waals surface area contributed by atoms with Gasteiger partial charge in [0.25, 0.3) is 0 Å². The van der Waals surface area contributed by atoms with E-state index < -0.39 is 26.6 Å². The minimum Gasteiger partial charge on any atom is -0.369 e. The first-order valence-electron chi connectivity index (χ1n) is 7.75. The maximum atomic E-state index is 13.9. The van der Waals surface area contributed by atoms with Gasteiger partial charge in [-0.1, -0.05) is 17.7 Å². The third-order valence-corrected chi connectivity index (χ3v) is 6.41. The van der Waals surface area contributed by atoms with Gasteiger partial charge >= 0.3 is 0 Å². The Morgan fingerprint density at radius 2 is 1.68 bits per heavy atom. The second kappa shape index (κ2) is 6.90. The molecule has 25 heavy (non-hydrogen) atoms. The van der Waals surface area contributed by atoms with E-state index in [0.717, 1.165) is 29.4 Å². The number of piperazine rings is 1. The molecule has 8 heteroatoms. The van der Waals surface area contributed by atoms with Gasteiger partial charge < -0.3 is 4.90 Å². The molecule has 0 spiro atoms. The molecule has 0 aromatic heterocycles. The van der Waals surface area contributed by atoms with Crippen molar-refractivity contribution in [2.45, 2.75) is 11.8 Å². The first-order valence-corrected chi connectivity index (χ1v) is 9.57. The topological polar surface area (TPSA) is 40.6 Å². The number of anilines is 1. The molecular formula is C17H17ClF2N2O2S. The average Bonchev–Trinajstić information content (AvgIpc) is 2.59. The number of hydrogen-bond acceptors (Lipinski definition) is 3. The summed E-state index contributed by atoms with van der Waals surface area (Å²) in [5.74, 6) is -1.73. The van der Waals surface area contributed by atoms with Crippen molar-refractivity contribution in [3.8, 4) is 0 Å². The molecule has 0 bridgehead atoms. The zero-order valence-electron chi connectivity index (χ0n) is 13.5. The van der Waals surface area contributed by atoms with E-state index in [1.54, 1.807) is 6.07 Å². The van der Waals surface area contributed by atoms with Crippen molar-refractivity contribution in [3.05, 3.63) is 58.6 Å². The summed E-state index contributed by atoms with van der Waals surface area (Å²) in [6.45, 7) is 3.21. The van der Waals surface area contributed by atoms with Crippen LogP contribution < -0.4 is 4.90 Å². The van der Waals surface area contributed by atoms with Gasteiger partial charge in [0.15, 0.2) is 0 Å². The molecule has 1 aliphatic rings. The summed E-state index contributed by atoms with van der Waals surface area (Å²) >= 11 is 6.04. The maximum absolute atomic E-state index is 13.9. The van der Waals surface area contributed by atoms with Gasteiger partial charge in [-0.25, -0.2) is 17.2 Å². The summed E-state index contributed by atoms with van der Waals surface area (Å²) in [5, 5.41) is 0.609. The normalized spacial score (nSPS) is 16.2. The predicted octanol–water partition coefficient (Wildman–Crippen LogP) is 3.44. The molecule has 1 saturated heterocycles. The number of nitrogens with zero attached hydrogens (tertiary/aromatic N) is 2. The maximum Gasteiger partial charge on any atom is 0.246 e. The number of halogens is 3. The Morgan fingerprint density at radius 3 is 2.36 bits per heavy atom. The van der Waals surface area contributed by atoms with Crippen LogP contribution in [0.15, 0.2) is 41.3 Å². The average molecular weight is 387 g/mol. The monoisotopic (exact) mass is 386 g/mol. The molecule has 134 valence electrons. The van der Waals surface area contributed by atoms with E-state index >= 15 is 0 Å². The smallest absolute Gasteiger partial charge is 0.246 e. The summed E-state index contributed by atoms with van der Waals surface area (Å²) in [7, 11) is -4.07. The molecule has 4 nitrogen and oxygen atoms in total. The molecule has 0 unspecified atom stereocenters. The van der Waals surface area contributed by atoms with Crippen molar-refractivity contribution in [2.24, 2.45) is 0 Å². The third-order valence-electron chi connectivity index (χ3n) is 4.26. The van der Waals surface area contributed by atoms with E-state index in [9.17, 15) is 17.2 Å². The van der Waals surface area contributed by atoms with Gasteiger partial charge in [-0.2, -0.15) is 4.31 Å². The minimum absolute atomic E-state index is 0.185. The van der Waals surface area contributed by atoms with E-state index in [0.29, 0.717) is 18.1 Å². The molecule has 1 heterocycles. The molecule has 3 rings (SSSR count). The van der Waals surface area contributed by atoms with Crippen LogP contribution in [0.5, 0.6) is 0 Å². The lowest BCUT2D eigenvalue weighted by Crippen LogP contribution is -2.49. The van der Waals surface area contributed by atoms with Crippen molar-refractivity contribution in [1.82, 2.24) is 4.31 Å². The SMILES string of the molecule is Cc1ccc(Cl)cc1N1CCN(S(=O)(=O)c2cc(F)ccc2F)CC1. The molecule has 0 radical (unpaired) electrons. The van der Waals surface area contributed by atoms with E-state index in [4.69, 9.17) is 11.6 Å². The summed E-state index contributed by atoms with van der Waals surface area (Å²) in [6.07, 6.45) is 0. The van der Waals surface area contributed by atoms with Crippen molar-refractivity contribution < 1.29 is 17.2 Å². The van der Waals surface area contributed by atoms with Crippen LogP contribution in [0.3, 0.4) is 0 Å². The molecular weight excluding hydrogens is 370 g/mol. The van der Waals surface area contributed by atoms with E-state index in [-0.39, 0.29) is 13.1 Å². The highest BCUT2D eigenvalue weighted by Gasteiger charge is 2.31. The molecule has 2 aromatic rings. The fourth-order valence-corrected chi connectivity index (χ4v) is 4.57. The van der Waals surface area contributed by atoms with Crippen LogP contribution >= 0.6 is 11.6 Å². The Morgan fingerprint density at radius 1 is 1.00 bits per heavy atom. The van der Waals surface area contributed by atoms with E-state index in [1.807, 2.05) is 24.0 Å². The standard InChI is InChI=1S/C17H17ClF2N2O2S/c1-12-2-3-13(18)10-16(12)21-6-8-22(9-7-21)25(23,24)17-11-14(19)4-5-15(17)20/h2-5,10-11H,6-9H2,1H3. The molecule has 0 N–H and O–H groups in total. The zero-order valence-corrected chi connectivity index (χ0v) is 15.1. The van der Waals surface area contributed by atoms with Crippen LogP contribution in [0.4, 0.5) is 14.5 Å². The second-order valence-electron chi connectivity index (χ2n) is 5.90. The summed E-state index contributed by atoms with van der Waals surface area (Å²) in [4.78, 5) is 1.41. The highest BCUT2D eigenvalue weighted by Crippen LogP contribution is 2.27. The van der Waals surface area contributed by atoms with Crippen molar-refractivity contribution in [3.63, 3.8) is 0 Å². The second-order valence-corrected chi connectivity index (χ2v) is 8.24. The number of hydrogen-bond donors (Lipinski definition) is 0. The number of rotatable bonds is 3. The van der Waals surface area contributed by atoms with Crippen LogP contribution in [0.2, 0.25) is 5.02 Å². The fourth-order valence-electron chi connectivity index (χ4n) is 2.91. The summed E-state index contributed by atoms with van der Waals surface area (Å²) < 4.78 is 53.6. The van der Waals surface area contributed by atoms with Crippen LogP contribution in [-0.2, 0) is 10.0 Å². The van der Waals surface area contributed by atoms with Crippen LogP contribution in [0, 0.1) is 18.6 Å². The Bertz CT molecular complexity index is 898. The molecule has 1 aliphatic heterocycles. The Kier molecular flexibility index (Phi) is 4.99. The van der Waals surface area contributed by atoms with Crippen molar-refractivity contribution in [1.29, 1.82) is 0 Å². The lowest BCUT2D eigenvalue weighted by Gasteiger charge is -2.36. The van der Waals surface area contributed by atoms with Gasteiger partial charge in [0, 0.05) is 36.9 Å². The van der Waals surface area contributed by atoms with Crippen molar-refractivity contribution >= 4 is 27.3 Å². The highest BCUT2D eigenvalue weighted by molar-refractivity contribution is 7.89. The van der Waals surface area contributed by atoms with Crippen LogP contribution in [-0.4, -0.2) is 38.9 Å². The number of sulfonamides is 1. The largest absolute Gasteiger partial charge is 0.369 e. The molecule has 0 atom stereocenters. The van der Waals surface area contributed by atoms with E-state index in [2.05, 4.69) is 0 Å². The van der Waals surface area contributed by atoms with Gasteiger partial charge in [-0.15, -0.1) is 0 Å². The molecule has 0 aliphatic carbocycles. The van der Waals surface area contributed by atoms with Crippen molar-refractivity contribution in [2.75, 3.05) is 31.1 Å². The number of aryl methyl sites for hydroxylation is 1. The minimum atomic E-state index is -4.07. The van der Waals surface area contributed by atoms with Gasteiger partial charge in [0.1, 0.15) is 16.5 Å². The highest BCUT2D eigenvalue weighted by atomic mass is 35.5. The quantitative estimate of drug-likeness (QED) is 0.811. The Balaban J connectivity index is 1.80. The van der Waals surface area contributed by atoms with Crippen LogP contribution in [0.25, 0.3) is 0 Å². The summed E-state index contributed by atoms with van der Waals surface area (Å²) in [6, 6.07) is 7.99. The first kappa shape index (κ1) is 18.1. The molecule has 0 saturated carbocycles. The Labute approximate surface area is 150 Å². The predicted molar refractivity (Wildman–Crippen MR) is 93.5 cm³/mol. The molecule has 2 aromatic carbocycles. The van der Waals surface area contributed by atoms with Gasteiger partial charge in [0.2, 0.25) is 10.0 Å². The van der Waals surface area contributed by atoms with Crippen LogP contribution in [0.1, 0.15) is 5.56 Å². The zero-order chi connectivity index (χ0) is 18.2. The molecule has 1 fully saturated rings. The fraction of sp³-hybridized carbons (Fsp3) is 0.294. The molecule has 0 amide bonds. The number of benzene rings is 2. The van der Waals surface area contributed by atoms with Gasteiger partial charge in [-0.3, -0.25) is 0 Å². The lowest BCUT2D eigenvalue weighted by atomic mass is 10.1. The lowest BCUT2D eigenvalue weighted by molar-refractivity contribution is 0.382. The summed E-state index contributed by atoms with van der Waals surface area (Å²) in [5.41, 5.74) is 1.98.